The highest BCUT2D eigenvalue weighted by molar-refractivity contribution is 6.31. The number of carboxylic acids is 1. The predicted octanol–water partition coefficient (Wildman–Crippen LogP) is 6.49. The summed E-state index contributed by atoms with van der Waals surface area (Å²) in [6.07, 6.45) is -4.65. The molecule has 0 unspecified atom stereocenters. The quantitative estimate of drug-likeness (QED) is 0.414. The van der Waals surface area contributed by atoms with Crippen LogP contribution in [0.2, 0.25) is 5.02 Å². The fourth-order valence-corrected chi connectivity index (χ4v) is 2.77. The topological polar surface area (TPSA) is 87.7 Å². The van der Waals surface area contributed by atoms with Gasteiger partial charge in [-0.2, -0.15) is 13.2 Å². The predicted molar refractivity (Wildman–Crippen MR) is 109 cm³/mol. The summed E-state index contributed by atoms with van der Waals surface area (Å²) < 4.78 is 44.3. The zero-order chi connectivity index (χ0) is 22.6. The van der Waals surface area contributed by atoms with Crippen LogP contribution in [0.3, 0.4) is 0 Å². The second-order valence-electron chi connectivity index (χ2n) is 6.23. The number of carbonyl (C=O) groups excluding carboxylic acids is 1. The van der Waals surface area contributed by atoms with Gasteiger partial charge in [-0.1, -0.05) is 17.7 Å². The lowest BCUT2D eigenvalue weighted by Crippen LogP contribution is -2.19. The van der Waals surface area contributed by atoms with E-state index in [-0.39, 0.29) is 11.3 Å². The summed E-state index contributed by atoms with van der Waals surface area (Å²) in [5.41, 5.74) is -0.703. The SMILES string of the molecule is O=C(Nc1ccc(Oc2cccc(C(=O)O)c2)cc1)Nc1ccc(Cl)c(C(F)(F)F)c1. The molecule has 2 amide bonds. The zero-order valence-corrected chi connectivity index (χ0v) is 16.3. The van der Waals surface area contributed by atoms with Crippen LogP contribution in [0.15, 0.2) is 66.7 Å². The third-order valence-electron chi connectivity index (χ3n) is 3.96. The summed E-state index contributed by atoms with van der Waals surface area (Å²) in [5, 5.41) is 13.3. The lowest BCUT2D eigenvalue weighted by atomic mass is 10.2. The molecule has 0 aliphatic rings. The van der Waals surface area contributed by atoms with E-state index in [4.69, 9.17) is 21.4 Å². The maximum atomic E-state index is 12.9. The number of carbonyl (C=O) groups is 2. The standard InChI is InChI=1S/C21H14ClF3N2O4/c22-18-9-6-14(11-17(18)21(23,24)25)27-20(30)26-13-4-7-15(8-5-13)31-16-3-1-2-12(10-16)19(28)29/h1-11H,(H,28,29)(H2,26,27,30). The van der Waals surface area contributed by atoms with Gasteiger partial charge >= 0.3 is 18.2 Å². The van der Waals surface area contributed by atoms with E-state index >= 15 is 0 Å². The van der Waals surface area contributed by atoms with Crippen molar-refractivity contribution in [3.8, 4) is 11.5 Å². The molecular formula is C21H14ClF3N2O4. The summed E-state index contributed by atoms with van der Waals surface area (Å²) >= 11 is 5.55. The van der Waals surface area contributed by atoms with Crippen LogP contribution >= 0.6 is 11.6 Å². The van der Waals surface area contributed by atoms with Crippen molar-refractivity contribution in [2.75, 3.05) is 10.6 Å². The van der Waals surface area contributed by atoms with Gasteiger partial charge in [0.1, 0.15) is 11.5 Å². The molecule has 0 aromatic heterocycles. The average molecular weight is 451 g/mol. The summed E-state index contributed by atoms with van der Waals surface area (Å²) in [7, 11) is 0. The molecule has 0 saturated carbocycles. The number of hydrogen-bond acceptors (Lipinski definition) is 3. The average Bonchev–Trinajstić information content (AvgIpc) is 2.70. The molecule has 6 nitrogen and oxygen atoms in total. The van der Waals surface area contributed by atoms with Crippen molar-refractivity contribution >= 4 is 35.0 Å². The van der Waals surface area contributed by atoms with E-state index in [9.17, 15) is 22.8 Å². The largest absolute Gasteiger partial charge is 0.478 e. The number of urea groups is 1. The van der Waals surface area contributed by atoms with Crippen molar-refractivity contribution in [1.29, 1.82) is 0 Å². The molecule has 0 fully saturated rings. The van der Waals surface area contributed by atoms with Gasteiger partial charge in [-0.3, -0.25) is 0 Å². The van der Waals surface area contributed by atoms with Crippen LogP contribution in [0.5, 0.6) is 11.5 Å². The number of hydrogen-bond donors (Lipinski definition) is 3. The molecule has 3 N–H and O–H groups in total. The molecule has 160 valence electrons. The third kappa shape index (κ3) is 5.89. The van der Waals surface area contributed by atoms with Crippen LogP contribution in [0.1, 0.15) is 15.9 Å². The Morgan fingerprint density at radius 3 is 2.16 bits per heavy atom. The van der Waals surface area contributed by atoms with Crippen molar-refractivity contribution in [1.82, 2.24) is 0 Å². The maximum absolute atomic E-state index is 12.9. The molecule has 0 spiro atoms. The lowest BCUT2D eigenvalue weighted by molar-refractivity contribution is -0.137. The Hall–Kier alpha value is -3.72. The number of ether oxygens (including phenoxy) is 1. The number of halogens is 4. The van der Waals surface area contributed by atoms with E-state index in [2.05, 4.69) is 10.6 Å². The maximum Gasteiger partial charge on any atom is 0.417 e. The fourth-order valence-electron chi connectivity index (χ4n) is 2.55. The highest BCUT2D eigenvalue weighted by atomic mass is 35.5. The Morgan fingerprint density at radius 2 is 1.52 bits per heavy atom. The van der Waals surface area contributed by atoms with Crippen LogP contribution in [-0.4, -0.2) is 17.1 Å². The van der Waals surface area contributed by atoms with Crippen LogP contribution in [0.4, 0.5) is 29.3 Å². The number of rotatable bonds is 5. The van der Waals surface area contributed by atoms with Gasteiger partial charge in [0.25, 0.3) is 0 Å². The molecule has 0 radical (unpaired) electrons. The van der Waals surface area contributed by atoms with Crippen molar-refractivity contribution in [2.24, 2.45) is 0 Å². The number of benzene rings is 3. The van der Waals surface area contributed by atoms with Gasteiger partial charge in [0.2, 0.25) is 0 Å². The van der Waals surface area contributed by atoms with Crippen molar-refractivity contribution in [3.63, 3.8) is 0 Å². The highest BCUT2D eigenvalue weighted by Crippen LogP contribution is 2.36. The Balaban J connectivity index is 1.63. The first kappa shape index (κ1) is 22.0. The molecule has 3 aromatic rings. The summed E-state index contributed by atoms with van der Waals surface area (Å²) in [6, 6.07) is 14.3. The summed E-state index contributed by atoms with van der Waals surface area (Å²) in [6.45, 7) is 0. The number of amides is 2. The molecule has 0 saturated heterocycles. The molecule has 3 rings (SSSR count). The summed E-state index contributed by atoms with van der Waals surface area (Å²) in [4.78, 5) is 23.1. The number of alkyl halides is 3. The van der Waals surface area contributed by atoms with Crippen LogP contribution < -0.4 is 15.4 Å². The lowest BCUT2D eigenvalue weighted by Gasteiger charge is -2.12. The highest BCUT2D eigenvalue weighted by Gasteiger charge is 2.33. The Kier molecular flexibility index (Phi) is 6.36. The minimum Gasteiger partial charge on any atom is -0.478 e. The molecule has 31 heavy (non-hydrogen) atoms. The second-order valence-corrected chi connectivity index (χ2v) is 6.64. The molecule has 0 bridgehead atoms. The first-order valence-electron chi connectivity index (χ1n) is 8.68. The second kappa shape index (κ2) is 8.97. The van der Waals surface area contributed by atoms with E-state index in [0.29, 0.717) is 17.2 Å². The Morgan fingerprint density at radius 1 is 0.871 bits per heavy atom. The van der Waals surface area contributed by atoms with E-state index < -0.39 is 28.8 Å². The third-order valence-corrected chi connectivity index (χ3v) is 4.29. The molecule has 0 aliphatic carbocycles. The number of carboxylic acid groups (broad SMARTS) is 1. The normalized spacial score (nSPS) is 11.0. The van der Waals surface area contributed by atoms with Crippen LogP contribution in [0.25, 0.3) is 0 Å². The molecule has 0 aliphatic heterocycles. The van der Waals surface area contributed by atoms with E-state index in [1.165, 1.54) is 42.5 Å². The first-order valence-corrected chi connectivity index (χ1v) is 9.05. The van der Waals surface area contributed by atoms with Gasteiger partial charge in [0.15, 0.2) is 0 Å². The van der Waals surface area contributed by atoms with Gasteiger partial charge in [-0.25, -0.2) is 9.59 Å². The number of aromatic carboxylic acids is 1. The molecule has 10 heteroatoms. The summed E-state index contributed by atoms with van der Waals surface area (Å²) in [5.74, 6) is -0.373. The van der Waals surface area contributed by atoms with Crippen LogP contribution in [-0.2, 0) is 6.18 Å². The van der Waals surface area contributed by atoms with Gasteiger partial charge in [0, 0.05) is 11.4 Å². The molecule has 0 heterocycles. The van der Waals surface area contributed by atoms with Crippen molar-refractivity contribution < 1.29 is 32.6 Å². The smallest absolute Gasteiger partial charge is 0.417 e. The van der Waals surface area contributed by atoms with Gasteiger partial charge < -0.3 is 20.5 Å². The minimum absolute atomic E-state index is 0.0725. The molecule has 0 atom stereocenters. The molecular weight excluding hydrogens is 437 g/mol. The monoisotopic (exact) mass is 450 g/mol. The fraction of sp³-hybridized carbons (Fsp3) is 0.0476. The van der Waals surface area contributed by atoms with Gasteiger partial charge in [-0.15, -0.1) is 0 Å². The minimum atomic E-state index is -4.65. The van der Waals surface area contributed by atoms with E-state index in [1.54, 1.807) is 12.1 Å². The number of nitrogens with one attached hydrogen (secondary N) is 2. The van der Waals surface area contributed by atoms with E-state index in [1.807, 2.05) is 0 Å². The van der Waals surface area contributed by atoms with Crippen LogP contribution in [0, 0.1) is 0 Å². The Labute approximate surface area is 179 Å². The van der Waals surface area contributed by atoms with Crippen molar-refractivity contribution in [2.45, 2.75) is 6.18 Å². The first-order chi connectivity index (χ1) is 14.6. The Bertz CT molecular complexity index is 1120. The van der Waals surface area contributed by atoms with Gasteiger partial charge in [-0.05, 0) is 60.7 Å². The zero-order valence-electron chi connectivity index (χ0n) is 15.5. The van der Waals surface area contributed by atoms with Gasteiger partial charge in [0.05, 0.1) is 16.1 Å². The van der Waals surface area contributed by atoms with Crippen molar-refractivity contribution in [3.05, 3.63) is 82.9 Å². The van der Waals surface area contributed by atoms with E-state index in [0.717, 1.165) is 12.1 Å². The number of anilines is 2. The molecule has 3 aromatic carbocycles.